The number of fused-ring (bicyclic) bond motifs is 1. The zero-order valence-electron chi connectivity index (χ0n) is 13.8. The molecule has 1 N–H and O–H groups in total. The number of halogens is 2. The van der Waals surface area contributed by atoms with Crippen LogP contribution in [0.2, 0.25) is 5.02 Å². The third-order valence-electron chi connectivity index (χ3n) is 4.75. The van der Waals surface area contributed by atoms with Crippen molar-refractivity contribution in [2.24, 2.45) is 0 Å². The van der Waals surface area contributed by atoms with Gasteiger partial charge in [0.1, 0.15) is 5.82 Å². The van der Waals surface area contributed by atoms with Crippen molar-refractivity contribution in [3.05, 3.63) is 69.5 Å². The van der Waals surface area contributed by atoms with Crippen molar-refractivity contribution in [1.82, 2.24) is 4.90 Å². The molecular weight excluding hydrogens is 345 g/mol. The van der Waals surface area contributed by atoms with Gasteiger partial charge in [-0.2, -0.15) is 0 Å². The monoisotopic (exact) mass is 361 g/mol. The molecule has 1 aliphatic carbocycles. The third-order valence-corrected chi connectivity index (χ3v) is 5.08. The van der Waals surface area contributed by atoms with E-state index in [0.717, 1.165) is 17.2 Å². The van der Waals surface area contributed by atoms with E-state index in [9.17, 15) is 19.1 Å². The fraction of sp³-hybridized carbons (Fsp3) is 0.263. The van der Waals surface area contributed by atoms with Gasteiger partial charge in [0, 0.05) is 7.05 Å². The molecule has 6 heteroatoms. The van der Waals surface area contributed by atoms with Crippen molar-refractivity contribution in [3.8, 4) is 0 Å². The average Bonchev–Trinajstić information content (AvgIpc) is 2.92. The first-order chi connectivity index (χ1) is 11.8. The molecule has 0 aliphatic heterocycles. The molecule has 1 aliphatic rings. The Hall–Kier alpha value is -2.40. The van der Waals surface area contributed by atoms with E-state index in [1.165, 1.54) is 17.0 Å². The molecule has 4 nitrogen and oxygen atoms in total. The summed E-state index contributed by atoms with van der Waals surface area (Å²) in [7, 11) is 1.63. The summed E-state index contributed by atoms with van der Waals surface area (Å²) >= 11 is 6.05. The Morgan fingerprint density at radius 3 is 2.60 bits per heavy atom. The van der Waals surface area contributed by atoms with Crippen molar-refractivity contribution < 1.29 is 19.1 Å². The van der Waals surface area contributed by atoms with Crippen LogP contribution < -0.4 is 0 Å². The van der Waals surface area contributed by atoms with Gasteiger partial charge in [-0.1, -0.05) is 24.6 Å². The molecule has 1 amide bonds. The molecule has 0 bridgehead atoms. The minimum Gasteiger partial charge on any atom is -0.478 e. The summed E-state index contributed by atoms with van der Waals surface area (Å²) in [6.45, 7) is 2.03. The Bertz CT molecular complexity index is 868. The van der Waals surface area contributed by atoms with Gasteiger partial charge in [-0.15, -0.1) is 0 Å². The smallest absolute Gasteiger partial charge is 0.335 e. The molecule has 1 unspecified atom stereocenters. The van der Waals surface area contributed by atoms with Crippen LogP contribution >= 0.6 is 11.6 Å². The summed E-state index contributed by atoms with van der Waals surface area (Å²) < 4.78 is 13.5. The molecule has 0 spiro atoms. The van der Waals surface area contributed by atoms with Crippen LogP contribution in [0.5, 0.6) is 0 Å². The first-order valence-corrected chi connectivity index (χ1v) is 8.26. The Kier molecular flexibility index (Phi) is 4.52. The lowest BCUT2D eigenvalue weighted by atomic mass is 10.0. The molecule has 0 fully saturated rings. The largest absolute Gasteiger partial charge is 0.478 e. The van der Waals surface area contributed by atoms with Crippen LogP contribution in [0.3, 0.4) is 0 Å². The quantitative estimate of drug-likeness (QED) is 0.875. The minimum absolute atomic E-state index is 0.0969. The second-order valence-corrected chi connectivity index (χ2v) is 6.75. The molecular formula is C19H17ClFNO3. The van der Waals surface area contributed by atoms with Gasteiger partial charge in [-0.3, -0.25) is 4.79 Å². The Morgan fingerprint density at radius 2 is 1.92 bits per heavy atom. The number of nitrogens with zero attached hydrogens (tertiary/aromatic N) is 1. The number of hydrogen-bond donors (Lipinski definition) is 1. The molecule has 3 rings (SSSR count). The summed E-state index contributed by atoms with van der Waals surface area (Å²) in [6.07, 6.45) is 0.674. The standard InChI is InChI=1S/C19H17ClFNO3/c1-10-7-17(14-8-11(19(24)25)3-5-13(10)14)22(2)18(23)15-9-12(21)4-6-16(15)20/h3-6,8-10,17H,7H2,1-2H3,(H,24,25)/t10-,17?/m1/s1. The molecule has 2 aromatic carbocycles. The number of hydrogen-bond acceptors (Lipinski definition) is 2. The van der Waals surface area contributed by atoms with Crippen LogP contribution in [-0.4, -0.2) is 28.9 Å². The van der Waals surface area contributed by atoms with Gasteiger partial charge in [0.2, 0.25) is 0 Å². The predicted octanol–water partition coefficient (Wildman–Crippen LogP) is 4.50. The Labute approximate surface area is 149 Å². The molecule has 0 saturated heterocycles. The molecule has 25 heavy (non-hydrogen) atoms. The van der Waals surface area contributed by atoms with Gasteiger partial charge in [-0.25, -0.2) is 9.18 Å². The van der Waals surface area contributed by atoms with Crippen molar-refractivity contribution in [1.29, 1.82) is 0 Å². The summed E-state index contributed by atoms with van der Waals surface area (Å²) in [5.74, 6) is -1.74. The van der Waals surface area contributed by atoms with Crippen molar-refractivity contribution in [3.63, 3.8) is 0 Å². The first kappa shape index (κ1) is 17.4. The van der Waals surface area contributed by atoms with E-state index >= 15 is 0 Å². The highest BCUT2D eigenvalue weighted by molar-refractivity contribution is 6.33. The number of carbonyl (C=O) groups excluding carboxylic acids is 1. The average molecular weight is 362 g/mol. The fourth-order valence-electron chi connectivity index (χ4n) is 3.39. The van der Waals surface area contributed by atoms with Gasteiger partial charge < -0.3 is 10.0 Å². The van der Waals surface area contributed by atoms with Crippen LogP contribution in [0.4, 0.5) is 4.39 Å². The number of amides is 1. The zero-order valence-corrected chi connectivity index (χ0v) is 14.5. The zero-order chi connectivity index (χ0) is 18.3. The summed E-state index contributed by atoms with van der Waals surface area (Å²) in [4.78, 5) is 25.6. The van der Waals surface area contributed by atoms with Crippen LogP contribution in [0.1, 0.15) is 57.1 Å². The fourth-order valence-corrected chi connectivity index (χ4v) is 3.59. The van der Waals surface area contributed by atoms with Crippen LogP contribution in [0, 0.1) is 5.82 Å². The van der Waals surface area contributed by atoms with Crippen molar-refractivity contribution >= 4 is 23.5 Å². The summed E-state index contributed by atoms with van der Waals surface area (Å²) in [6, 6.07) is 8.38. The van der Waals surface area contributed by atoms with Gasteiger partial charge in [-0.05, 0) is 53.8 Å². The predicted molar refractivity (Wildman–Crippen MR) is 92.7 cm³/mol. The number of rotatable bonds is 3. The lowest BCUT2D eigenvalue weighted by Gasteiger charge is -2.26. The second kappa shape index (κ2) is 6.48. The molecule has 0 radical (unpaired) electrons. The van der Waals surface area contributed by atoms with E-state index in [1.54, 1.807) is 25.2 Å². The third kappa shape index (κ3) is 3.12. The molecule has 130 valence electrons. The number of carboxylic acids is 1. The highest BCUT2D eigenvalue weighted by Crippen LogP contribution is 2.43. The van der Waals surface area contributed by atoms with Crippen LogP contribution in [0.25, 0.3) is 0 Å². The lowest BCUT2D eigenvalue weighted by molar-refractivity contribution is 0.0696. The van der Waals surface area contributed by atoms with E-state index in [4.69, 9.17) is 11.6 Å². The Morgan fingerprint density at radius 1 is 1.20 bits per heavy atom. The first-order valence-electron chi connectivity index (χ1n) is 7.89. The topological polar surface area (TPSA) is 57.6 Å². The normalized spacial score (nSPS) is 18.7. The second-order valence-electron chi connectivity index (χ2n) is 6.34. The molecule has 0 heterocycles. The van der Waals surface area contributed by atoms with Crippen molar-refractivity contribution in [2.75, 3.05) is 7.05 Å². The van der Waals surface area contributed by atoms with E-state index in [-0.39, 0.29) is 28.1 Å². The van der Waals surface area contributed by atoms with Gasteiger partial charge >= 0.3 is 5.97 Å². The molecule has 2 atom stereocenters. The number of aromatic carboxylic acids is 1. The summed E-state index contributed by atoms with van der Waals surface area (Å²) in [5, 5.41) is 9.41. The van der Waals surface area contributed by atoms with E-state index in [0.29, 0.717) is 6.42 Å². The molecule has 2 aromatic rings. The highest BCUT2D eigenvalue weighted by atomic mass is 35.5. The van der Waals surface area contributed by atoms with Crippen molar-refractivity contribution in [2.45, 2.75) is 25.3 Å². The van der Waals surface area contributed by atoms with E-state index < -0.39 is 17.7 Å². The summed E-state index contributed by atoms with van der Waals surface area (Å²) in [5.41, 5.74) is 2.12. The molecule has 0 saturated carbocycles. The SMILES string of the molecule is C[C@@H]1CC(N(C)C(=O)c2cc(F)ccc2Cl)c2cc(C(=O)O)ccc21. The van der Waals surface area contributed by atoms with Gasteiger partial charge in [0.15, 0.2) is 0 Å². The Balaban J connectivity index is 1.98. The molecule has 0 aromatic heterocycles. The van der Waals surface area contributed by atoms with Gasteiger partial charge in [0.25, 0.3) is 5.91 Å². The van der Waals surface area contributed by atoms with Crippen LogP contribution in [0.15, 0.2) is 36.4 Å². The van der Waals surface area contributed by atoms with E-state index in [1.807, 2.05) is 6.92 Å². The van der Waals surface area contributed by atoms with Gasteiger partial charge in [0.05, 0.1) is 22.2 Å². The maximum Gasteiger partial charge on any atom is 0.335 e. The number of carboxylic acid groups (broad SMARTS) is 1. The maximum absolute atomic E-state index is 13.5. The van der Waals surface area contributed by atoms with Crippen LogP contribution in [-0.2, 0) is 0 Å². The minimum atomic E-state index is -1.01. The lowest BCUT2D eigenvalue weighted by Crippen LogP contribution is -2.30. The number of benzene rings is 2. The highest BCUT2D eigenvalue weighted by Gasteiger charge is 2.34. The number of carbonyl (C=O) groups is 2. The van der Waals surface area contributed by atoms with E-state index in [2.05, 4.69) is 0 Å². The maximum atomic E-state index is 13.5.